The van der Waals surface area contributed by atoms with Gasteiger partial charge in [0.05, 0.1) is 24.4 Å². The molecule has 1 aromatic heterocycles. The van der Waals surface area contributed by atoms with Crippen molar-refractivity contribution in [1.29, 1.82) is 0 Å². The zero-order valence-electron chi connectivity index (χ0n) is 12.3. The highest BCUT2D eigenvalue weighted by Crippen LogP contribution is 2.30. The number of benzene rings is 2. The Balaban J connectivity index is 1.89. The van der Waals surface area contributed by atoms with Crippen LogP contribution in [0.3, 0.4) is 0 Å². The summed E-state index contributed by atoms with van der Waals surface area (Å²) in [5.41, 5.74) is 3.25. The van der Waals surface area contributed by atoms with Crippen molar-refractivity contribution in [3.63, 3.8) is 0 Å². The quantitative estimate of drug-likeness (QED) is 0.739. The maximum atomic E-state index is 5.71. The molecule has 0 fully saturated rings. The minimum Gasteiger partial charge on any atom is -0.494 e. The first-order valence-corrected chi connectivity index (χ1v) is 7.20. The summed E-state index contributed by atoms with van der Waals surface area (Å²) in [5, 5.41) is 11.7. The maximum absolute atomic E-state index is 5.71. The predicted octanol–water partition coefficient (Wildman–Crippen LogP) is 4.13. The lowest BCUT2D eigenvalue weighted by molar-refractivity contribution is 0.335. The number of H-pyrrole nitrogens is 1. The third-order valence-corrected chi connectivity index (χ3v) is 3.54. The van der Waals surface area contributed by atoms with Crippen molar-refractivity contribution in [1.82, 2.24) is 10.2 Å². The van der Waals surface area contributed by atoms with Crippen LogP contribution < -0.4 is 10.1 Å². The van der Waals surface area contributed by atoms with Crippen LogP contribution in [-0.4, -0.2) is 16.8 Å². The van der Waals surface area contributed by atoms with Crippen molar-refractivity contribution in [3.8, 4) is 5.75 Å². The van der Waals surface area contributed by atoms with Gasteiger partial charge in [0.15, 0.2) is 0 Å². The van der Waals surface area contributed by atoms with Crippen LogP contribution in [0.4, 0.5) is 5.69 Å². The lowest BCUT2D eigenvalue weighted by Gasteiger charge is -2.19. The van der Waals surface area contributed by atoms with Crippen LogP contribution in [0.1, 0.15) is 25.5 Å². The average Bonchev–Trinajstić information content (AvgIpc) is 2.98. The Bertz CT molecular complexity index is 735. The first-order valence-electron chi connectivity index (χ1n) is 7.20. The zero-order chi connectivity index (χ0) is 14.7. The minimum atomic E-state index is 0.147. The van der Waals surface area contributed by atoms with Crippen molar-refractivity contribution < 1.29 is 4.74 Å². The molecule has 21 heavy (non-hydrogen) atoms. The van der Waals surface area contributed by atoms with Gasteiger partial charge in [0.1, 0.15) is 5.75 Å². The van der Waals surface area contributed by atoms with Crippen molar-refractivity contribution in [3.05, 3.63) is 54.2 Å². The molecule has 2 aromatic carbocycles. The van der Waals surface area contributed by atoms with E-state index in [0.29, 0.717) is 6.61 Å². The Kier molecular flexibility index (Phi) is 3.77. The Morgan fingerprint density at radius 3 is 2.90 bits per heavy atom. The molecule has 3 rings (SSSR count). The predicted molar refractivity (Wildman–Crippen MR) is 85.7 cm³/mol. The smallest absolute Gasteiger partial charge is 0.124 e. The van der Waals surface area contributed by atoms with Gasteiger partial charge in [0.2, 0.25) is 0 Å². The number of aromatic nitrogens is 2. The van der Waals surface area contributed by atoms with Crippen LogP contribution in [0.2, 0.25) is 0 Å². The molecule has 0 amide bonds. The molecule has 0 radical (unpaired) electrons. The minimum absolute atomic E-state index is 0.147. The van der Waals surface area contributed by atoms with Crippen LogP contribution in [0.5, 0.6) is 5.75 Å². The van der Waals surface area contributed by atoms with E-state index >= 15 is 0 Å². The highest BCUT2D eigenvalue weighted by molar-refractivity contribution is 5.91. The number of fused-ring (bicyclic) bond motifs is 1. The van der Waals surface area contributed by atoms with Gasteiger partial charge in [-0.3, -0.25) is 5.10 Å². The molecule has 4 heteroatoms. The third kappa shape index (κ3) is 2.70. The highest BCUT2D eigenvalue weighted by atomic mass is 16.5. The topological polar surface area (TPSA) is 49.9 Å². The first kappa shape index (κ1) is 13.5. The van der Waals surface area contributed by atoms with E-state index in [-0.39, 0.29) is 6.04 Å². The Hall–Kier alpha value is -2.49. The van der Waals surface area contributed by atoms with Gasteiger partial charge in [0, 0.05) is 16.6 Å². The number of ether oxygens (including phenoxy) is 1. The van der Waals surface area contributed by atoms with Crippen LogP contribution in [-0.2, 0) is 0 Å². The van der Waals surface area contributed by atoms with Gasteiger partial charge in [-0.1, -0.05) is 24.3 Å². The van der Waals surface area contributed by atoms with E-state index in [9.17, 15) is 0 Å². The molecule has 0 saturated carbocycles. The van der Waals surface area contributed by atoms with Crippen molar-refractivity contribution in [2.24, 2.45) is 0 Å². The molecule has 1 unspecified atom stereocenters. The summed E-state index contributed by atoms with van der Waals surface area (Å²) in [4.78, 5) is 0. The lowest BCUT2D eigenvalue weighted by atomic mass is 10.1. The summed E-state index contributed by atoms with van der Waals surface area (Å²) in [6.45, 7) is 4.80. The van der Waals surface area contributed by atoms with Crippen molar-refractivity contribution in [2.45, 2.75) is 19.9 Å². The number of hydrogen-bond acceptors (Lipinski definition) is 3. The monoisotopic (exact) mass is 281 g/mol. The summed E-state index contributed by atoms with van der Waals surface area (Å²) in [6.07, 6.45) is 1.85. The second-order valence-corrected chi connectivity index (χ2v) is 4.97. The van der Waals surface area contributed by atoms with Crippen molar-refractivity contribution >= 4 is 16.6 Å². The molecule has 0 bridgehead atoms. The third-order valence-electron chi connectivity index (χ3n) is 3.54. The molecule has 4 nitrogen and oxygen atoms in total. The molecule has 0 aliphatic carbocycles. The number of aromatic amines is 1. The summed E-state index contributed by atoms with van der Waals surface area (Å²) >= 11 is 0. The first-order chi connectivity index (χ1) is 10.3. The fourth-order valence-electron chi connectivity index (χ4n) is 2.53. The van der Waals surface area contributed by atoms with E-state index in [1.807, 2.05) is 43.5 Å². The molecule has 2 N–H and O–H groups in total. The summed E-state index contributed by atoms with van der Waals surface area (Å²) in [6, 6.07) is 14.4. The van der Waals surface area contributed by atoms with E-state index in [0.717, 1.165) is 27.9 Å². The second-order valence-electron chi connectivity index (χ2n) is 4.97. The lowest BCUT2D eigenvalue weighted by Crippen LogP contribution is -2.09. The Morgan fingerprint density at radius 2 is 2.05 bits per heavy atom. The van der Waals surface area contributed by atoms with E-state index in [1.165, 1.54) is 0 Å². The Labute approximate surface area is 124 Å². The molecule has 3 aromatic rings. The van der Waals surface area contributed by atoms with Gasteiger partial charge in [-0.25, -0.2) is 0 Å². The number of anilines is 1. The molecule has 1 heterocycles. The zero-order valence-corrected chi connectivity index (χ0v) is 12.3. The Morgan fingerprint density at radius 1 is 1.19 bits per heavy atom. The summed E-state index contributed by atoms with van der Waals surface area (Å²) in [5.74, 6) is 0.930. The standard InChI is InChI=1S/C17H19N3O/c1-3-21-17-10-5-4-7-13(17)12(2)19-15-8-6-9-16-14(15)11-18-20-16/h4-12,19H,3H2,1-2H3,(H,18,20). The van der Waals surface area contributed by atoms with E-state index in [2.05, 4.69) is 34.6 Å². The van der Waals surface area contributed by atoms with Crippen molar-refractivity contribution in [2.75, 3.05) is 11.9 Å². The molecular weight excluding hydrogens is 262 g/mol. The van der Waals surface area contributed by atoms with E-state index < -0.39 is 0 Å². The molecule has 0 saturated heterocycles. The number of rotatable bonds is 5. The maximum Gasteiger partial charge on any atom is 0.124 e. The van der Waals surface area contributed by atoms with Crippen LogP contribution in [0.25, 0.3) is 10.9 Å². The average molecular weight is 281 g/mol. The number of para-hydroxylation sites is 1. The summed E-state index contributed by atoms with van der Waals surface area (Å²) in [7, 11) is 0. The van der Waals surface area contributed by atoms with Gasteiger partial charge in [-0.2, -0.15) is 5.10 Å². The molecule has 1 atom stereocenters. The van der Waals surface area contributed by atoms with Gasteiger partial charge < -0.3 is 10.1 Å². The number of hydrogen-bond donors (Lipinski definition) is 2. The summed E-state index contributed by atoms with van der Waals surface area (Å²) < 4.78 is 5.71. The number of nitrogens with zero attached hydrogens (tertiary/aromatic N) is 1. The van der Waals surface area contributed by atoms with E-state index in [1.54, 1.807) is 0 Å². The fourth-order valence-corrected chi connectivity index (χ4v) is 2.53. The van der Waals surface area contributed by atoms with Crippen LogP contribution in [0, 0.1) is 0 Å². The largest absolute Gasteiger partial charge is 0.494 e. The van der Waals surface area contributed by atoms with Crippen LogP contribution in [0.15, 0.2) is 48.7 Å². The van der Waals surface area contributed by atoms with Gasteiger partial charge in [-0.05, 0) is 32.0 Å². The SMILES string of the molecule is CCOc1ccccc1C(C)Nc1cccc2[nH]ncc12. The van der Waals surface area contributed by atoms with Gasteiger partial charge >= 0.3 is 0 Å². The molecular formula is C17H19N3O. The highest BCUT2D eigenvalue weighted by Gasteiger charge is 2.12. The molecule has 108 valence electrons. The molecule has 0 aliphatic rings. The van der Waals surface area contributed by atoms with Gasteiger partial charge in [0.25, 0.3) is 0 Å². The number of nitrogens with one attached hydrogen (secondary N) is 2. The van der Waals surface area contributed by atoms with Crippen LogP contribution >= 0.6 is 0 Å². The fraction of sp³-hybridized carbons (Fsp3) is 0.235. The molecule has 0 spiro atoms. The normalized spacial score (nSPS) is 12.3. The van der Waals surface area contributed by atoms with E-state index in [4.69, 9.17) is 4.74 Å². The van der Waals surface area contributed by atoms with Gasteiger partial charge in [-0.15, -0.1) is 0 Å². The molecule has 0 aliphatic heterocycles. The second kappa shape index (κ2) is 5.87.